The van der Waals surface area contributed by atoms with Crippen molar-refractivity contribution in [3.05, 3.63) is 34.9 Å². The van der Waals surface area contributed by atoms with Gasteiger partial charge in [-0.15, -0.1) is 0 Å². The molecule has 0 aliphatic heterocycles. The Morgan fingerprint density at radius 1 is 1.50 bits per heavy atom. The number of amides is 1. The summed E-state index contributed by atoms with van der Waals surface area (Å²) in [4.78, 5) is 10.8. The van der Waals surface area contributed by atoms with Crippen LogP contribution < -0.4 is 5.73 Å². The minimum atomic E-state index is -0.610. The third-order valence-corrected chi connectivity index (χ3v) is 1.65. The van der Waals surface area contributed by atoms with Gasteiger partial charge >= 0.3 is 0 Å². The summed E-state index contributed by atoms with van der Waals surface area (Å²) in [5, 5.41) is 0.521. The maximum Gasteiger partial charge on any atom is 0.246 e. The fraction of sp³-hybridized carbons (Fsp3) is 0.125. The number of carbonyl (C=O) groups is 1. The number of hydrogen-bond donors (Lipinski definition) is 1. The van der Waals surface area contributed by atoms with Gasteiger partial charge in [-0.2, -0.15) is 0 Å². The van der Waals surface area contributed by atoms with Gasteiger partial charge in [0.15, 0.2) is 0 Å². The first-order valence-electron chi connectivity index (χ1n) is 3.13. The average molecular weight is 206 g/mol. The van der Waals surface area contributed by atoms with Crippen LogP contribution in [-0.2, 0) is 4.79 Å². The maximum atomic E-state index is 10.8. The van der Waals surface area contributed by atoms with Gasteiger partial charge in [-0.1, -0.05) is 42.4 Å². The number of hydrogen-bond acceptors (Lipinski definition) is 1. The molecule has 0 bridgehead atoms. The molecule has 0 atom stereocenters. The largest absolute Gasteiger partial charge is 0.366 e. The fourth-order valence-corrected chi connectivity index (χ4v) is 0.898. The molecule has 0 saturated carbocycles. The van der Waals surface area contributed by atoms with E-state index in [9.17, 15) is 4.79 Å². The van der Waals surface area contributed by atoms with Crippen LogP contribution in [0.1, 0.15) is 6.42 Å². The third-order valence-electron chi connectivity index (χ3n) is 1.13. The van der Waals surface area contributed by atoms with Crippen molar-refractivity contribution in [2.75, 3.05) is 0 Å². The van der Waals surface area contributed by atoms with Crippen molar-refractivity contribution in [1.82, 2.24) is 0 Å². The van der Waals surface area contributed by atoms with Crippen molar-refractivity contribution >= 4 is 29.1 Å². The first-order chi connectivity index (χ1) is 5.49. The zero-order chi connectivity index (χ0) is 9.72. The molecule has 12 heavy (non-hydrogen) atoms. The van der Waals surface area contributed by atoms with Gasteiger partial charge in [0.2, 0.25) is 5.91 Å². The monoisotopic (exact) mass is 205 g/mol. The molecule has 0 radical (unpaired) electrons. The highest BCUT2D eigenvalue weighted by Crippen LogP contribution is 2.19. The van der Waals surface area contributed by atoms with Gasteiger partial charge in [-0.25, -0.2) is 0 Å². The SMILES string of the molecule is C=C/C(Cl)=C(\CC(=C)Cl)C(N)=O. The molecule has 0 fully saturated rings. The Morgan fingerprint density at radius 2 is 2.00 bits per heavy atom. The molecule has 0 rings (SSSR count). The zero-order valence-corrected chi connectivity index (χ0v) is 7.95. The fourth-order valence-electron chi connectivity index (χ4n) is 0.604. The Hall–Kier alpha value is -0.730. The van der Waals surface area contributed by atoms with E-state index in [0.29, 0.717) is 5.03 Å². The van der Waals surface area contributed by atoms with Gasteiger partial charge in [-0.3, -0.25) is 4.79 Å². The molecule has 0 heterocycles. The highest BCUT2D eigenvalue weighted by molar-refractivity contribution is 6.34. The molecule has 0 spiro atoms. The van der Waals surface area contributed by atoms with Gasteiger partial charge in [0, 0.05) is 22.1 Å². The van der Waals surface area contributed by atoms with E-state index in [0.717, 1.165) is 0 Å². The normalized spacial score (nSPS) is 11.8. The molecule has 0 aliphatic carbocycles. The Morgan fingerprint density at radius 3 is 2.25 bits per heavy atom. The maximum absolute atomic E-state index is 10.8. The molecule has 0 unspecified atom stereocenters. The van der Waals surface area contributed by atoms with Crippen LogP contribution in [0.25, 0.3) is 0 Å². The van der Waals surface area contributed by atoms with Crippen LogP contribution in [0.15, 0.2) is 34.9 Å². The molecule has 0 saturated heterocycles. The van der Waals surface area contributed by atoms with E-state index >= 15 is 0 Å². The summed E-state index contributed by atoms with van der Waals surface area (Å²) in [6, 6.07) is 0. The quantitative estimate of drug-likeness (QED) is 0.556. The standard InChI is InChI=1S/C8H9Cl2NO/c1-3-7(10)6(8(11)12)4-5(2)9/h3H,1-2,4H2,(H2,11,12)/b7-6-. The first-order valence-corrected chi connectivity index (χ1v) is 3.88. The topological polar surface area (TPSA) is 43.1 Å². The predicted molar refractivity (Wildman–Crippen MR) is 51.9 cm³/mol. The molecular formula is C8H9Cl2NO. The van der Waals surface area contributed by atoms with Gasteiger partial charge < -0.3 is 5.73 Å². The van der Waals surface area contributed by atoms with Gasteiger partial charge in [-0.05, 0) is 0 Å². The molecule has 2 N–H and O–H groups in total. The van der Waals surface area contributed by atoms with Crippen molar-refractivity contribution in [3.8, 4) is 0 Å². The van der Waals surface area contributed by atoms with Crippen molar-refractivity contribution in [3.63, 3.8) is 0 Å². The molecular weight excluding hydrogens is 197 g/mol. The molecule has 66 valence electrons. The highest BCUT2D eigenvalue weighted by atomic mass is 35.5. The second-order valence-corrected chi connectivity index (χ2v) is 3.03. The number of halogens is 2. The Kier molecular flexibility index (Phi) is 4.71. The molecule has 4 heteroatoms. The predicted octanol–water partition coefficient (Wildman–Crippen LogP) is 2.29. The lowest BCUT2D eigenvalue weighted by atomic mass is 10.1. The van der Waals surface area contributed by atoms with E-state index in [2.05, 4.69) is 13.2 Å². The van der Waals surface area contributed by atoms with Crippen LogP contribution in [0.3, 0.4) is 0 Å². The van der Waals surface area contributed by atoms with E-state index in [1.54, 1.807) is 0 Å². The minimum absolute atomic E-state index is 0.168. The lowest BCUT2D eigenvalue weighted by molar-refractivity contribution is -0.114. The van der Waals surface area contributed by atoms with Crippen LogP contribution in [0.4, 0.5) is 0 Å². The molecule has 0 aromatic heterocycles. The van der Waals surface area contributed by atoms with Crippen LogP contribution >= 0.6 is 23.2 Å². The van der Waals surface area contributed by atoms with Crippen LogP contribution in [-0.4, -0.2) is 5.91 Å². The van der Waals surface area contributed by atoms with Crippen molar-refractivity contribution < 1.29 is 4.79 Å². The van der Waals surface area contributed by atoms with Gasteiger partial charge in [0.25, 0.3) is 0 Å². The van der Waals surface area contributed by atoms with E-state index in [1.165, 1.54) is 6.08 Å². The zero-order valence-electron chi connectivity index (χ0n) is 6.44. The van der Waals surface area contributed by atoms with E-state index < -0.39 is 5.91 Å². The number of allylic oxidation sites excluding steroid dienone is 3. The lowest BCUT2D eigenvalue weighted by Crippen LogP contribution is -2.14. The van der Waals surface area contributed by atoms with Crippen molar-refractivity contribution in [1.29, 1.82) is 0 Å². The summed E-state index contributed by atoms with van der Waals surface area (Å²) in [7, 11) is 0. The summed E-state index contributed by atoms with van der Waals surface area (Å²) >= 11 is 11.1. The summed E-state index contributed by atoms with van der Waals surface area (Å²) < 4.78 is 0. The Bertz CT molecular complexity index is 256. The van der Waals surface area contributed by atoms with E-state index in [4.69, 9.17) is 28.9 Å². The first kappa shape index (κ1) is 11.3. The van der Waals surface area contributed by atoms with Crippen molar-refractivity contribution in [2.24, 2.45) is 5.73 Å². The minimum Gasteiger partial charge on any atom is -0.366 e. The molecule has 0 aliphatic rings. The van der Waals surface area contributed by atoms with Crippen molar-refractivity contribution in [2.45, 2.75) is 6.42 Å². The number of nitrogens with two attached hydrogens (primary N) is 1. The Balaban J connectivity index is 4.78. The number of primary amides is 1. The highest BCUT2D eigenvalue weighted by Gasteiger charge is 2.09. The van der Waals surface area contributed by atoms with Crippen LogP contribution in [0, 0.1) is 0 Å². The second kappa shape index (κ2) is 5.01. The number of rotatable bonds is 4. The summed E-state index contributed by atoms with van der Waals surface area (Å²) in [5.74, 6) is -0.610. The third kappa shape index (κ3) is 3.60. The molecule has 0 aromatic rings. The van der Waals surface area contributed by atoms with Crippen LogP contribution in [0.2, 0.25) is 0 Å². The van der Waals surface area contributed by atoms with E-state index in [-0.39, 0.29) is 17.0 Å². The van der Waals surface area contributed by atoms with Gasteiger partial charge in [0.1, 0.15) is 0 Å². The Labute approximate surface area is 81.3 Å². The average Bonchev–Trinajstić information content (AvgIpc) is 1.98. The number of carbonyl (C=O) groups excluding carboxylic acids is 1. The van der Waals surface area contributed by atoms with E-state index in [1.807, 2.05) is 0 Å². The molecule has 0 aromatic carbocycles. The molecule has 2 nitrogen and oxygen atoms in total. The second-order valence-electron chi connectivity index (χ2n) is 2.09. The molecule has 1 amide bonds. The summed E-state index contributed by atoms with van der Waals surface area (Å²) in [5.41, 5.74) is 5.26. The summed E-state index contributed by atoms with van der Waals surface area (Å²) in [6.07, 6.45) is 1.50. The van der Waals surface area contributed by atoms with Gasteiger partial charge in [0.05, 0.1) is 0 Å². The van der Waals surface area contributed by atoms with Crippen LogP contribution in [0.5, 0.6) is 0 Å². The summed E-state index contributed by atoms with van der Waals surface area (Å²) in [6.45, 7) is 6.83. The smallest absolute Gasteiger partial charge is 0.246 e. The lowest BCUT2D eigenvalue weighted by Gasteiger charge is -2.02.